The number of carbonyl (C=O) groups is 2. The molecule has 0 fully saturated rings. The Labute approximate surface area is 115 Å². The molecule has 20 heavy (non-hydrogen) atoms. The number of primary amides is 1. The first kappa shape index (κ1) is 15.1. The predicted molar refractivity (Wildman–Crippen MR) is 70.6 cm³/mol. The highest BCUT2D eigenvalue weighted by atomic mass is 16.5. The van der Waals surface area contributed by atoms with Gasteiger partial charge in [-0.3, -0.25) is 14.6 Å². The van der Waals surface area contributed by atoms with Gasteiger partial charge in [0.2, 0.25) is 0 Å². The van der Waals surface area contributed by atoms with Gasteiger partial charge in [0.25, 0.3) is 5.91 Å². The van der Waals surface area contributed by atoms with Crippen molar-refractivity contribution in [2.24, 2.45) is 5.73 Å². The highest BCUT2D eigenvalue weighted by Gasteiger charge is 2.04. The van der Waals surface area contributed by atoms with E-state index in [0.717, 1.165) is 0 Å². The zero-order chi connectivity index (χ0) is 15.0. The smallest absolute Gasteiger partial charge is 0.268 e. The van der Waals surface area contributed by atoms with Crippen molar-refractivity contribution in [3.63, 3.8) is 0 Å². The molecule has 0 saturated carbocycles. The van der Waals surface area contributed by atoms with Crippen molar-refractivity contribution in [2.45, 2.75) is 0 Å². The molecule has 1 aromatic heterocycles. The van der Waals surface area contributed by atoms with Gasteiger partial charge in [0.05, 0.1) is 18.9 Å². The lowest BCUT2D eigenvalue weighted by molar-refractivity contribution is 0.0994. The Hall–Kier alpha value is -2.96. The van der Waals surface area contributed by atoms with Crippen LogP contribution in [0.15, 0.2) is 36.8 Å². The topological polar surface area (TPSA) is 115 Å². The summed E-state index contributed by atoms with van der Waals surface area (Å²) in [6.45, 7) is 0. The highest BCUT2D eigenvalue weighted by Crippen LogP contribution is 2.27. The lowest BCUT2D eigenvalue weighted by atomic mass is 10.2. The number of aromatic hydroxyl groups is 1. The molecular formula is C13H13N3O4. The number of aldehydes is 1. The van der Waals surface area contributed by atoms with Crippen LogP contribution < -0.4 is 10.5 Å². The number of hydrogen-bond donors (Lipinski definition) is 2. The van der Waals surface area contributed by atoms with Crippen molar-refractivity contribution >= 4 is 12.2 Å². The molecule has 0 aliphatic heterocycles. The summed E-state index contributed by atoms with van der Waals surface area (Å²) in [7, 11) is 1.43. The van der Waals surface area contributed by atoms with Gasteiger partial charge in [-0.25, -0.2) is 4.98 Å². The van der Waals surface area contributed by atoms with Crippen LogP contribution in [-0.4, -0.2) is 34.4 Å². The van der Waals surface area contributed by atoms with Crippen molar-refractivity contribution in [3.05, 3.63) is 48.0 Å². The van der Waals surface area contributed by atoms with Crippen LogP contribution in [0.1, 0.15) is 20.8 Å². The minimum Gasteiger partial charge on any atom is -0.504 e. The van der Waals surface area contributed by atoms with Crippen LogP contribution in [0.2, 0.25) is 0 Å². The molecule has 0 aliphatic carbocycles. The lowest BCUT2D eigenvalue weighted by Gasteiger charge is -2.02. The maximum atomic E-state index is 10.3. The van der Waals surface area contributed by atoms with E-state index in [9.17, 15) is 14.7 Å². The Morgan fingerprint density at radius 2 is 2.15 bits per heavy atom. The molecule has 0 unspecified atom stereocenters. The number of aromatic nitrogens is 2. The predicted octanol–water partition coefficient (Wildman–Crippen LogP) is 0.789. The van der Waals surface area contributed by atoms with Crippen molar-refractivity contribution < 1.29 is 19.4 Å². The molecule has 7 nitrogen and oxygen atoms in total. The first-order valence-electron chi connectivity index (χ1n) is 5.47. The summed E-state index contributed by atoms with van der Waals surface area (Å²) < 4.78 is 4.78. The number of carbonyl (C=O) groups excluding carboxylic acids is 2. The van der Waals surface area contributed by atoms with Crippen LogP contribution in [0.3, 0.4) is 0 Å². The normalized spacial score (nSPS) is 9.05. The van der Waals surface area contributed by atoms with E-state index in [1.807, 2.05) is 0 Å². The van der Waals surface area contributed by atoms with Gasteiger partial charge in [0.15, 0.2) is 17.8 Å². The zero-order valence-corrected chi connectivity index (χ0v) is 10.7. The van der Waals surface area contributed by atoms with Crippen LogP contribution in [-0.2, 0) is 0 Å². The van der Waals surface area contributed by atoms with E-state index in [2.05, 4.69) is 9.97 Å². The van der Waals surface area contributed by atoms with E-state index in [4.69, 9.17) is 10.5 Å². The summed E-state index contributed by atoms with van der Waals surface area (Å²) in [5.41, 5.74) is 5.30. The highest BCUT2D eigenvalue weighted by molar-refractivity contribution is 5.90. The van der Waals surface area contributed by atoms with Gasteiger partial charge in [0.1, 0.15) is 5.69 Å². The van der Waals surface area contributed by atoms with Gasteiger partial charge < -0.3 is 15.6 Å². The van der Waals surface area contributed by atoms with Crippen LogP contribution in [0.25, 0.3) is 0 Å². The quantitative estimate of drug-likeness (QED) is 0.800. The summed E-state index contributed by atoms with van der Waals surface area (Å²) in [6.07, 6.45) is 4.80. The third-order valence-corrected chi connectivity index (χ3v) is 2.19. The van der Waals surface area contributed by atoms with E-state index in [-0.39, 0.29) is 17.0 Å². The number of phenols is 1. The molecule has 1 amide bonds. The third kappa shape index (κ3) is 4.05. The van der Waals surface area contributed by atoms with Crippen LogP contribution >= 0.6 is 0 Å². The van der Waals surface area contributed by atoms with Crippen LogP contribution in [0.4, 0.5) is 0 Å². The average molecular weight is 275 g/mol. The fourth-order valence-electron chi connectivity index (χ4n) is 1.23. The van der Waals surface area contributed by atoms with Crippen molar-refractivity contribution in [1.29, 1.82) is 0 Å². The number of nitrogens with two attached hydrogens (primary N) is 1. The molecule has 2 rings (SSSR count). The Morgan fingerprint density at radius 3 is 2.60 bits per heavy atom. The summed E-state index contributed by atoms with van der Waals surface area (Å²) in [6, 6.07) is 4.75. The average Bonchev–Trinajstić information content (AvgIpc) is 2.49. The van der Waals surface area contributed by atoms with E-state index in [1.165, 1.54) is 31.8 Å². The number of nitrogens with zero attached hydrogens (tertiary/aromatic N) is 2. The molecule has 0 aliphatic rings. The Bertz CT molecular complexity index is 587. The number of hydrogen-bond acceptors (Lipinski definition) is 6. The first-order chi connectivity index (χ1) is 9.60. The largest absolute Gasteiger partial charge is 0.504 e. The fourth-order valence-corrected chi connectivity index (χ4v) is 1.23. The van der Waals surface area contributed by atoms with Crippen LogP contribution in [0.5, 0.6) is 11.5 Å². The van der Waals surface area contributed by atoms with Gasteiger partial charge in [-0.2, -0.15) is 0 Å². The molecule has 0 saturated heterocycles. The number of benzene rings is 1. The first-order valence-corrected chi connectivity index (χ1v) is 5.47. The molecule has 1 aromatic carbocycles. The second-order valence-corrected chi connectivity index (χ2v) is 3.47. The fraction of sp³-hybridized carbons (Fsp3) is 0.0769. The minimum absolute atomic E-state index is 0.106. The third-order valence-electron chi connectivity index (χ3n) is 2.19. The number of para-hydroxylation sites is 1. The van der Waals surface area contributed by atoms with E-state index < -0.39 is 5.91 Å². The maximum absolute atomic E-state index is 10.3. The standard InChI is InChI=1S/C8H8O3.C5H5N3O/c1-11-7-4-2-3-6(5-9)8(7)10;6-5(9)4-3-7-1-2-8-4/h2-5,10H,1H3;1-3H,(H2,6,9). The van der Waals surface area contributed by atoms with Gasteiger partial charge in [0, 0.05) is 12.4 Å². The van der Waals surface area contributed by atoms with Crippen molar-refractivity contribution in [3.8, 4) is 11.5 Å². The SMILES string of the molecule is COc1cccc(C=O)c1O.NC(=O)c1cnccn1. The second-order valence-electron chi connectivity index (χ2n) is 3.47. The minimum atomic E-state index is -0.553. The molecule has 3 N–H and O–H groups in total. The summed E-state index contributed by atoms with van der Waals surface area (Å²) in [5.74, 6) is -0.345. The number of methoxy groups -OCH3 is 1. The van der Waals surface area contributed by atoms with E-state index in [1.54, 1.807) is 12.1 Å². The Morgan fingerprint density at radius 1 is 1.40 bits per heavy atom. The molecular weight excluding hydrogens is 262 g/mol. The van der Waals surface area contributed by atoms with Gasteiger partial charge in [-0.05, 0) is 12.1 Å². The molecule has 0 atom stereocenters. The van der Waals surface area contributed by atoms with Crippen molar-refractivity contribution in [1.82, 2.24) is 9.97 Å². The lowest BCUT2D eigenvalue weighted by Crippen LogP contribution is -2.12. The summed E-state index contributed by atoms with van der Waals surface area (Å²) in [5, 5.41) is 9.23. The summed E-state index contributed by atoms with van der Waals surface area (Å²) in [4.78, 5) is 27.9. The Kier molecular flexibility index (Phi) is 5.64. The maximum Gasteiger partial charge on any atom is 0.268 e. The Balaban J connectivity index is 0.000000204. The number of amides is 1. The van der Waals surface area contributed by atoms with Gasteiger partial charge in [-0.1, -0.05) is 6.07 Å². The van der Waals surface area contributed by atoms with Crippen molar-refractivity contribution in [2.75, 3.05) is 7.11 Å². The molecule has 0 radical (unpaired) electrons. The van der Waals surface area contributed by atoms with Gasteiger partial charge >= 0.3 is 0 Å². The van der Waals surface area contributed by atoms with E-state index >= 15 is 0 Å². The molecule has 2 aromatic rings. The van der Waals surface area contributed by atoms with E-state index in [0.29, 0.717) is 12.0 Å². The van der Waals surface area contributed by atoms with Crippen LogP contribution in [0, 0.1) is 0 Å². The second kappa shape index (κ2) is 7.47. The van der Waals surface area contributed by atoms with Gasteiger partial charge in [-0.15, -0.1) is 0 Å². The monoisotopic (exact) mass is 275 g/mol. The molecule has 0 bridgehead atoms. The number of rotatable bonds is 3. The zero-order valence-electron chi connectivity index (χ0n) is 10.7. The number of phenolic OH excluding ortho intramolecular Hbond substituents is 1. The molecule has 0 spiro atoms. The number of ether oxygens (including phenoxy) is 1. The summed E-state index contributed by atoms with van der Waals surface area (Å²) >= 11 is 0. The molecule has 7 heteroatoms. The molecule has 1 heterocycles. The molecule has 104 valence electrons.